The number of hydrogen-bond acceptors (Lipinski definition) is 5. The van der Waals surface area contributed by atoms with Crippen LogP contribution < -0.4 is 0 Å². The van der Waals surface area contributed by atoms with Crippen LogP contribution in [0.2, 0.25) is 0 Å². The molecule has 2 heterocycles. The molecule has 1 aromatic heterocycles. The lowest BCUT2D eigenvalue weighted by atomic mass is 9.63. The number of amides is 1. The van der Waals surface area contributed by atoms with Crippen LogP contribution in [0.5, 0.6) is 0 Å². The number of likely N-dealkylation sites (N-methyl/N-ethyl adjacent to an activating group) is 1. The number of hydrogen-bond donors (Lipinski definition) is 0. The Kier molecular flexibility index (Phi) is 4.73. The number of likely N-dealkylation sites (tertiary alicyclic amines) is 1. The third-order valence-electron chi connectivity index (χ3n) is 6.93. The predicted octanol–water partition coefficient (Wildman–Crippen LogP) is 5.12. The highest BCUT2D eigenvalue weighted by atomic mass is 32.2. The van der Waals surface area contributed by atoms with E-state index in [1.54, 1.807) is 6.07 Å². The lowest BCUT2D eigenvalue weighted by Crippen LogP contribution is -2.56. The van der Waals surface area contributed by atoms with Crippen LogP contribution in [-0.2, 0) is 16.6 Å². The monoisotopic (exact) mass is 433 g/mol. The zero-order valence-corrected chi connectivity index (χ0v) is 18.3. The van der Waals surface area contributed by atoms with E-state index in [4.69, 9.17) is 0 Å². The summed E-state index contributed by atoms with van der Waals surface area (Å²) in [4.78, 5) is 30.8. The van der Waals surface area contributed by atoms with Crippen molar-refractivity contribution in [3.8, 4) is 0 Å². The first-order chi connectivity index (χ1) is 14.9. The number of piperidine rings is 1. The summed E-state index contributed by atoms with van der Waals surface area (Å²) in [7, 11) is 1.93. The number of carbonyl (C=O) groups is 1. The van der Waals surface area contributed by atoms with E-state index in [-0.39, 0.29) is 28.0 Å². The van der Waals surface area contributed by atoms with Gasteiger partial charge in [-0.05, 0) is 54.7 Å². The number of aryl methyl sites for hydroxylation is 1. The van der Waals surface area contributed by atoms with E-state index in [1.807, 2.05) is 30.1 Å². The van der Waals surface area contributed by atoms with Crippen LogP contribution in [0.3, 0.4) is 0 Å². The second-order valence-corrected chi connectivity index (χ2v) is 9.75. The average Bonchev–Trinajstić information content (AvgIpc) is 2.76. The van der Waals surface area contributed by atoms with E-state index in [0.717, 1.165) is 34.6 Å². The first-order valence-corrected chi connectivity index (χ1v) is 11.3. The molecule has 1 fully saturated rings. The van der Waals surface area contributed by atoms with Crippen LogP contribution >= 0.6 is 11.8 Å². The standard InChI is InChI=1S/C24H23N3O3S/c1-24-13-12-22(28)26(2)20(24)10-6-16-14-17(8-9-18(16)24)31-21-11-7-15-4-3-5-19(27(29)30)23(15)25-21/h3-5,7-9,11,14,20H,6,10,12-13H2,1-2H3/t20-,24-/m1/s1. The number of rotatable bonds is 3. The van der Waals surface area contributed by atoms with E-state index in [9.17, 15) is 14.9 Å². The SMILES string of the molecule is CN1C(=O)CC[C@]2(C)c3ccc(Sc4ccc5cccc([N+](=O)[O-])c5n4)cc3CC[C@@H]12. The van der Waals surface area contributed by atoms with Crippen molar-refractivity contribution >= 4 is 34.3 Å². The summed E-state index contributed by atoms with van der Waals surface area (Å²) in [5.41, 5.74) is 3.11. The average molecular weight is 434 g/mol. The molecular weight excluding hydrogens is 410 g/mol. The highest BCUT2D eigenvalue weighted by molar-refractivity contribution is 7.99. The zero-order valence-electron chi connectivity index (χ0n) is 17.5. The van der Waals surface area contributed by atoms with Crippen molar-refractivity contribution in [1.29, 1.82) is 0 Å². The van der Waals surface area contributed by atoms with E-state index < -0.39 is 0 Å². The van der Waals surface area contributed by atoms with E-state index in [1.165, 1.54) is 29.0 Å². The normalized spacial score (nSPS) is 22.8. The molecule has 158 valence electrons. The molecule has 5 rings (SSSR count). The van der Waals surface area contributed by atoms with Gasteiger partial charge >= 0.3 is 0 Å². The highest BCUT2D eigenvalue weighted by Gasteiger charge is 2.46. The molecule has 31 heavy (non-hydrogen) atoms. The molecule has 1 amide bonds. The van der Waals surface area contributed by atoms with Gasteiger partial charge in [0, 0.05) is 41.3 Å². The number of aromatic nitrogens is 1. The van der Waals surface area contributed by atoms with Crippen LogP contribution in [0.25, 0.3) is 10.9 Å². The number of benzene rings is 2. The molecular formula is C24H23N3O3S. The van der Waals surface area contributed by atoms with Crippen molar-refractivity contribution in [2.45, 2.75) is 54.0 Å². The van der Waals surface area contributed by atoms with Crippen LogP contribution in [0, 0.1) is 10.1 Å². The van der Waals surface area contributed by atoms with Gasteiger partial charge in [0.25, 0.3) is 5.69 Å². The molecule has 2 atom stereocenters. The van der Waals surface area contributed by atoms with Crippen LogP contribution in [0.4, 0.5) is 5.69 Å². The third-order valence-corrected chi connectivity index (χ3v) is 7.85. The molecule has 6 nitrogen and oxygen atoms in total. The smallest absolute Gasteiger partial charge is 0.295 e. The predicted molar refractivity (Wildman–Crippen MR) is 120 cm³/mol. The number of nitro benzene ring substituents is 1. The minimum atomic E-state index is -0.383. The van der Waals surface area contributed by atoms with Crippen molar-refractivity contribution < 1.29 is 9.72 Å². The molecule has 1 saturated heterocycles. The molecule has 1 aliphatic carbocycles. The van der Waals surface area contributed by atoms with Gasteiger partial charge in [-0.15, -0.1) is 0 Å². The van der Waals surface area contributed by atoms with Gasteiger partial charge < -0.3 is 4.90 Å². The fraction of sp³-hybridized carbons (Fsp3) is 0.333. The van der Waals surface area contributed by atoms with Gasteiger partial charge in [-0.25, -0.2) is 4.98 Å². The third kappa shape index (κ3) is 3.28. The zero-order chi connectivity index (χ0) is 21.8. The second-order valence-electron chi connectivity index (χ2n) is 8.65. The van der Waals surface area contributed by atoms with Crippen LogP contribution in [0.15, 0.2) is 58.5 Å². The first kappa shape index (κ1) is 20.0. The summed E-state index contributed by atoms with van der Waals surface area (Å²) in [5, 5.41) is 12.9. The molecule has 0 spiro atoms. The molecule has 2 aromatic carbocycles. The second kappa shape index (κ2) is 7.34. The molecule has 0 saturated carbocycles. The summed E-state index contributed by atoms with van der Waals surface area (Å²) < 4.78 is 0. The molecule has 7 heteroatoms. The molecule has 3 aromatic rings. The lowest BCUT2D eigenvalue weighted by Gasteiger charge is -2.50. The van der Waals surface area contributed by atoms with Gasteiger partial charge in [0.1, 0.15) is 10.5 Å². The molecule has 2 aliphatic rings. The summed E-state index contributed by atoms with van der Waals surface area (Å²) in [6, 6.07) is 15.6. The number of pyridine rings is 1. The molecule has 0 unspecified atom stereocenters. The van der Waals surface area contributed by atoms with Crippen LogP contribution in [0.1, 0.15) is 37.3 Å². The minimum absolute atomic E-state index is 0.0126. The number of nitro groups is 1. The Morgan fingerprint density at radius 1 is 1.19 bits per heavy atom. The van der Waals surface area contributed by atoms with E-state index in [2.05, 4.69) is 30.1 Å². The summed E-state index contributed by atoms with van der Waals surface area (Å²) in [6.45, 7) is 2.29. The lowest BCUT2D eigenvalue weighted by molar-refractivity contribution is -0.383. The van der Waals surface area contributed by atoms with Gasteiger partial charge in [-0.1, -0.05) is 36.9 Å². The first-order valence-electron chi connectivity index (χ1n) is 10.5. The van der Waals surface area contributed by atoms with Crippen LogP contribution in [-0.4, -0.2) is 33.8 Å². The Hall–Kier alpha value is -2.93. The number of nitrogens with zero attached hydrogens (tertiary/aromatic N) is 3. The molecule has 1 aliphatic heterocycles. The molecule has 0 bridgehead atoms. The number of carbonyl (C=O) groups excluding carboxylic acids is 1. The van der Waals surface area contributed by atoms with Gasteiger partial charge in [0.05, 0.1) is 4.92 Å². The van der Waals surface area contributed by atoms with Crippen molar-refractivity contribution in [3.63, 3.8) is 0 Å². The summed E-state index contributed by atoms with van der Waals surface area (Å²) in [6.07, 6.45) is 3.40. The van der Waals surface area contributed by atoms with E-state index in [0.29, 0.717) is 11.9 Å². The van der Waals surface area contributed by atoms with Crippen molar-refractivity contribution in [2.24, 2.45) is 0 Å². The Morgan fingerprint density at radius 3 is 2.84 bits per heavy atom. The largest absolute Gasteiger partial charge is 0.342 e. The van der Waals surface area contributed by atoms with Crippen molar-refractivity contribution in [1.82, 2.24) is 9.88 Å². The molecule has 0 N–H and O–H groups in total. The summed E-state index contributed by atoms with van der Waals surface area (Å²) >= 11 is 1.53. The maximum Gasteiger partial charge on any atom is 0.295 e. The number of fused-ring (bicyclic) bond motifs is 4. The quantitative estimate of drug-likeness (QED) is 0.423. The van der Waals surface area contributed by atoms with Gasteiger partial charge in [0.2, 0.25) is 5.91 Å². The Bertz CT molecular complexity index is 1230. The highest BCUT2D eigenvalue weighted by Crippen LogP contribution is 2.46. The van der Waals surface area contributed by atoms with Gasteiger partial charge in [-0.3, -0.25) is 14.9 Å². The number of para-hydroxylation sites is 1. The Morgan fingerprint density at radius 2 is 2.03 bits per heavy atom. The maximum atomic E-state index is 12.2. The van der Waals surface area contributed by atoms with E-state index >= 15 is 0 Å². The van der Waals surface area contributed by atoms with Gasteiger partial charge in [-0.2, -0.15) is 0 Å². The van der Waals surface area contributed by atoms with Crippen molar-refractivity contribution in [2.75, 3.05) is 7.05 Å². The summed E-state index contributed by atoms with van der Waals surface area (Å²) in [5.74, 6) is 0.245. The Balaban J connectivity index is 1.47. The fourth-order valence-electron chi connectivity index (χ4n) is 5.27. The fourth-order valence-corrected chi connectivity index (χ4v) is 6.12. The van der Waals surface area contributed by atoms with Crippen molar-refractivity contribution in [3.05, 3.63) is 69.8 Å². The number of non-ortho nitro benzene ring substituents is 1. The van der Waals surface area contributed by atoms with Gasteiger partial charge in [0.15, 0.2) is 0 Å². The minimum Gasteiger partial charge on any atom is -0.342 e. The molecule has 0 radical (unpaired) electrons. The topological polar surface area (TPSA) is 76.3 Å². The Labute approximate surface area is 184 Å². The maximum absolute atomic E-state index is 12.2.